The smallest absolute Gasteiger partial charge is 0.270 e. The molecule has 0 atom stereocenters. The van der Waals surface area contributed by atoms with Crippen LogP contribution in [-0.2, 0) is 0 Å². The highest BCUT2D eigenvalue weighted by Gasteiger charge is 2.12. The van der Waals surface area contributed by atoms with Crippen molar-refractivity contribution in [3.05, 3.63) is 94.5 Å². The molecule has 9 nitrogen and oxygen atoms in total. The number of anilines is 1. The number of hydrogen-bond donors (Lipinski definition) is 3. The second-order valence-electron chi connectivity index (χ2n) is 6.72. The summed E-state index contributed by atoms with van der Waals surface area (Å²) in [5.74, 6) is 0.0574. The van der Waals surface area contributed by atoms with Crippen LogP contribution in [0, 0.1) is 10.1 Å². The Labute approximate surface area is 182 Å². The highest BCUT2D eigenvalue weighted by atomic mass is 16.6. The molecule has 0 saturated heterocycles. The largest absolute Gasteiger partial charge is 0.507 e. The van der Waals surface area contributed by atoms with E-state index in [9.17, 15) is 20.3 Å². The SMILES string of the molecule is O=[N+]([O-])c1ccc(O)c(C=NNc2nc(-c3ccccc3)cc(-c3ccccc3O)n2)c1. The van der Waals surface area contributed by atoms with Crippen LogP contribution in [0.1, 0.15) is 5.56 Å². The molecule has 0 fully saturated rings. The Bertz CT molecular complexity index is 1310. The van der Waals surface area contributed by atoms with Crippen molar-refractivity contribution < 1.29 is 15.1 Å². The fraction of sp³-hybridized carbons (Fsp3) is 0. The second-order valence-corrected chi connectivity index (χ2v) is 6.72. The molecule has 158 valence electrons. The van der Waals surface area contributed by atoms with Gasteiger partial charge in [-0.2, -0.15) is 5.10 Å². The lowest BCUT2D eigenvalue weighted by Crippen LogP contribution is -2.00. The van der Waals surface area contributed by atoms with Gasteiger partial charge in [-0.15, -0.1) is 0 Å². The predicted octanol–water partition coefficient (Wildman–Crippen LogP) is 4.58. The quantitative estimate of drug-likeness (QED) is 0.233. The standard InChI is InChI=1S/C23H17N5O4/c29-21-11-10-17(28(31)32)12-16(21)14-24-27-23-25-19(15-6-2-1-3-7-15)13-20(26-23)18-8-4-5-9-22(18)30/h1-14,29-30H,(H,25,26,27). The van der Waals surface area contributed by atoms with E-state index in [1.54, 1.807) is 30.3 Å². The van der Waals surface area contributed by atoms with Crippen LogP contribution in [0.15, 0.2) is 84.0 Å². The summed E-state index contributed by atoms with van der Waals surface area (Å²) in [6.07, 6.45) is 1.24. The maximum atomic E-state index is 11.0. The summed E-state index contributed by atoms with van der Waals surface area (Å²) in [6, 6.07) is 21.6. The number of phenols is 2. The van der Waals surface area contributed by atoms with Crippen LogP contribution in [-0.4, -0.2) is 31.3 Å². The van der Waals surface area contributed by atoms with E-state index < -0.39 is 4.92 Å². The number of phenolic OH excluding ortho intramolecular Hbond substituents is 2. The van der Waals surface area contributed by atoms with E-state index in [4.69, 9.17) is 0 Å². The third kappa shape index (κ3) is 4.51. The van der Waals surface area contributed by atoms with E-state index in [1.807, 2.05) is 30.3 Å². The molecule has 0 aliphatic rings. The van der Waals surface area contributed by atoms with Crippen LogP contribution < -0.4 is 5.43 Å². The van der Waals surface area contributed by atoms with Crippen LogP contribution in [0.5, 0.6) is 11.5 Å². The molecular formula is C23H17N5O4. The van der Waals surface area contributed by atoms with Crippen LogP contribution in [0.3, 0.4) is 0 Å². The highest BCUT2D eigenvalue weighted by molar-refractivity contribution is 5.85. The summed E-state index contributed by atoms with van der Waals surface area (Å²) in [5.41, 5.74) is 5.13. The Morgan fingerprint density at radius 1 is 0.875 bits per heavy atom. The Hall–Kier alpha value is -4.79. The maximum absolute atomic E-state index is 11.0. The third-order valence-electron chi connectivity index (χ3n) is 4.57. The van der Waals surface area contributed by atoms with Crippen molar-refractivity contribution in [3.8, 4) is 34.0 Å². The number of para-hydroxylation sites is 1. The minimum atomic E-state index is -0.560. The number of aromatic hydroxyl groups is 2. The zero-order valence-electron chi connectivity index (χ0n) is 16.6. The number of nitrogens with zero attached hydrogens (tertiary/aromatic N) is 4. The molecule has 0 unspecified atom stereocenters. The highest BCUT2D eigenvalue weighted by Crippen LogP contribution is 2.30. The van der Waals surface area contributed by atoms with E-state index in [2.05, 4.69) is 20.5 Å². The van der Waals surface area contributed by atoms with Crippen molar-refractivity contribution in [1.29, 1.82) is 0 Å². The van der Waals surface area contributed by atoms with Crippen molar-refractivity contribution >= 4 is 17.9 Å². The third-order valence-corrected chi connectivity index (χ3v) is 4.57. The van der Waals surface area contributed by atoms with Gasteiger partial charge in [0.15, 0.2) is 0 Å². The van der Waals surface area contributed by atoms with Crippen LogP contribution in [0.2, 0.25) is 0 Å². The number of aromatic nitrogens is 2. The van der Waals surface area contributed by atoms with Gasteiger partial charge in [0.25, 0.3) is 5.69 Å². The molecule has 0 radical (unpaired) electrons. The van der Waals surface area contributed by atoms with Gasteiger partial charge in [-0.25, -0.2) is 15.4 Å². The summed E-state index contributed by atoms with van der Waals surface area (Å²) in [7, 11) is 0. The number of benzene rings is 3. The van der Waals surface area contributed by atoms with Crippen molar-refractivity contribution in [2.45, 2.75) is 0 Å². The fourth-order valence-corrected chi connectivity index (χ4v) is 3.00. The first-order valence-corrected chi connectivity index (χ1v) is 9.50. The van der Waals surface area contributed by atoms with E-state index in [1.165, 1.54) is 24.4 Å². The number of rotatable bonds is 6. The molecule has 0 spiro atoms. The number of nitro groups is 1. The molecule has 0 aliphatic heterocycles. The van der Waals surface area contributed by atoms with Crippen molar-refractivity contribution in [2.75, 3.05) is 5.43 Å². The molecule has 32 heavy (non-hydrogen) atoms. The Kier molecular flexibility index (Phi) is 5.71. The minimum absolute atomic E-state index is 0.0705. The van der Waals surface area contributed by atoms with Gasteiger partial charge < -0.3 is 10.2 Å². The normalized spacial score (nSPS) is 10.9. The predicted molar refractivity (Wildman–Crippen MR) is 121 cm³/mol. The summed E-state index contributed by atoms with van der Waals surface area (Å²) >= 11 is 0. The van der Waals surface area contributed by atoms with Gasteiger partial charge in [-0.1, -0.05) is 42.5 Å². The van der Waals surface area contributed by atoms with Crippen LogP contribution >= 0.6 is 0 Å². The van der Waals surface area contributed by atoms with Gasteiger partial charge >= 0.3 is 0 Å². The average molecular weight is 427 g/mol. The molecule has 1 heterocycles. The molecule has 0 aliphatic carbocycles. The first kappa shape index (κ1) is 20.5. The zero-order valence-corrected chi connectivity index (χ0v) is 16.6. The average Bonchev–Trinajstić information content (AvgIpc) is 2.81. The Morgan fingerprint density at radius 3 is 2.34 bits per heavy atom. The second kappa shape index (κ2) is 8.92. The fourth-order valence-electron chi connectivity index (χ4n) is 3.00. The molecule has 0 amide bonds. The van der Waals surface area contributed by atoms with Crippen molar-refractivity contribution in [3.63, 3.8) is 0 Å². The van der Waals surface area contributed by atoms with Gasteiger partial charge in [-0.3, -0.25) is 10.1 Å². The summed E-state index contributed by atoms with van der Waals surface area (Å²) < 4.78 is 0. The molecule has 3 aromatic carbocycles. The van der Waals surface area contributed by atoms with Crippen LogP contribution in [0.4, 0.5) is 11.6 Å². The lowest BCUT2D eigenvalue weighted by atomic mass is 10.1. The van der Waals surface area contributed by atoms with E-state index in [0.717, 1.165) is 5.56 Å². The monoisotopic (exact) mass is 427 g/mol. The number of hydrogen-bond acceptors (Lipinski definition) is 8. The maximum Gasteiger partial charge on any atom is 0.270 e. The molecule has 9 heteroatoms. The molecule has 0 bridgehead atoms. The molecule has 1 aromatic heterocycles. The van der Waals surface area contributed by atoms with Crippen molar-refractivity contribution in [1.82, 2.24) is 9.97 Å². The first-order chi connectivity index (χ1) is 15.5. The number of non-ortho nitro benzene ring substituents is 1. The number of nitrogens with one attached hydrogen (secondary N) is 1. The van der Waals surface area contributed by atoms with Gasteiger partial charge in [0.1, 0.15) is 11.5 Å². The minimum Gasteiger partial charge on any atom is -0.507 e. The van der Waals surface area contributed by atoms with Gasteiger partial charge in [0.05, 0.1) is 22.5 Å². The lowest BCUT2D eigenvalue weighted by molar-refractivity contribution is -0.384. The molecular weight excluding hydrogens is 410 g/mol. The van der Waals surface area contributed by atoms with Crippen molar-refractivity contribution in [2.24, 2.45) is 5.10 Å². The topological polar surface area (TPSA) is 134 Å². The van der Waals surface area contributed by atoms with Gasteiger partial charge in [0, 0.05) is 28.8 Å². The molecule has 4 rings (SSSR count). The molecule has 4 aromatic rings. The number of nitro benzene ring substituents is 1. The first-order valence-electron chi connectivity index (χ1n) is 9.50. The van der Waals surface area contributed by atoms with Gasteiger partial charge in [0.2, 0.25) is 5.95 Å². The van der Waals surface area contributed by atoms with Gasteiger partial charge in [-0.05, 0) is 24.3 Å². The summed E-state index contributed by atoms with van der Waals surface area (Å²) in [6.45, 7) is 0. The van der Waals surface area contributed by atoms with E-state index in [0.29, 0.717) is 17.0 Å². The summed E-state index contributed by atoms with van der Waals surface area (Å²) in [4.78, 5) is 19.3. The lowest BCUT2D eigenvalue weighted by Gasteiger charge is -2.09. The molecule has 3 N–H and O–H groups in total. The molecule has 0 saturated carbocycles. The van der Waals surface area contributed by atoms with Crippen LogP contribution in [0.25, 0.3) is 22.5 Å². The Morgan fingerprint density at radius 2 is 1.59 bits per heavy atom. The van der Waals surface area contributed by atoms with E-state index in [-0.39, 0.29) is 28.7 Å². The Balaban J connectivity index is 1.70. The number of hydrazone groups is 1. The van der Waals surface area contributed by atoms with E-state index >= 15 is 0 Å². The summed E-state index contributed by atoms with van der Waals surface area (Å²) in [5, 5.41) is 35.2. The zero-order chi connectivity index (χ0) is 22.5.